The standard InChI is InChI=1S/C14H28N2O4/c1-8-11(18)9(6-16-10(17)7-15-5)20-13(12(8)19)14(2,3)4/h8-9,11-13,15,18-19H,6-7H2,1-5H3,(H,16,17). The largest absolute Gasteiger partial charge is 0.390 e. The first-order valence-electron chi connectivity index (χ1n) is 7.11. The van der Waals surface area contributed by atoms with Gasteiger partial charge in [-0.15, -0.1) is 0 Å². The van der Waals surface area contributed by atoms with Crippen LogP contribution in [0.25, 0.3) is 0 Å². The summed E-state index contributed by atoms with van der Waals surface area (Å²) in [6, 6.07) is 0. The number of carbonyl (C=O) groups excluding carboxylic acids is 1. The van der Waals surface area contributed by atoms with E-state index in [0.717, 1.165) is 0 Å². The predicted molar refractivity (Wildman–Crippen MR) is 76.2 cm³/mol. The van der Waals surface area contributed by atoms with Gasteiger partial charge in [-0.1, -0.05) is 27.7 Å². The molecule has 0 aliphatic carbocycles. The van der Waals surface area contributed by atoms with Crippen LogP contribution in [0.2, 0.25) is 0 Å². The van der Waals surface area contributed by atoms with Crippen LogP contribution in [0.15, 0.2) is 0 Å². The highest BCUT2D eigenvalue weighted by Gasteiger charge is 2.46. The van der Waals surface area contributed by atoms with Gasteiger partial charge in [0.2, 0.25) is 5.91 Å². The van der Waals surface area contributed by atoms with Gasteiger partial charge in [-0.2, -0.15) is 0 Å². The van der Waals surface area contributed by atoms with Crippen LogP contribution in [0, 0.1) is 11.3 Å². The molecule has 1 fully saturated rings. The van der Waals surface area contributed by atoms with Crippen molar-refractivity contribution in [3.63, 3.8) is 0 Å². The third-order valence-electron chi connectivity index (χ3n) is 3.78. The van der Waals surface area contributed by atoms with Crippen LogP contribution in [-0.4, -0.2) is 60.7 Å². The van der Waals surface area contributed by atoms with Crippen molar-refractivity contribution in [3.05, 3.63) is 0 Å². The Kier molecular flexibility index (Phi) is 5.94. The van der Waals surface area contributed by atoms with E-state index in [2.05, 4.69) is 10.6 Å². The van der Waals surface area contributed by atoms with Crippen molar-refractivity contribution in [2.75, 3.05) is 20.1 Å². The van der Waals surface area contributed by atoms with E-state index in [-0.39, 0.29) is 36.4 Å². The SMILES string of the molecule is CNCC(=O)NCC1OC(C(C)(C)C)C(O)C(C)C1O. The van der Waals surface area contributed by atoms with Crippen LogP contribution >= 0.6 is 0 Å². The zero-order valence-electron chi connectivity index (χ0n) is 13.0. The molecule has 0 radical (unpaired) electrons. The molecule has 1 aliphatic heterocycles. The second-order valence-corrected chi connectivity index (χ2v) is 6.64. The molecule has 1 amide bonds. The summed E-state index contributed by atoms with van der Waals surface area (Å²) in [6.07, 6.45) is -2.38. The number of hydrogen-bond acceptors (Lipinski definition) is 5. The lowest BCUT2D eigenvalue weighted by atomic mass is 9.77. The third-order valence-corrected chi connectivity index (χ3v) is 3.78. The lowest BCUT2D eigenvalue weighted by Crippen LogP contribution is -2.59. The third kappa shape index (κ3) is 4.15. The first-order valence-corrected chi connectivity index (χ1v) is 7.11. The number of likely N-dealkylation sites (N-methyl/N-ethyl adjacent to an activating group) is 1. The van der Waals surface area contributed by atoms with Crippen molar-refractivity contribution < 1.29 is 19.7 Å². The fourth-order valence-electron chi connectivity index (χ4n) is 2.49. The van der Waals surface area contributed by atoms with Gasteiger partial charge in [-0.3, -0.25) is 4.79 Å². The Morgan fingerprint density at radius 2 is 1.85 bits per heavy atom. The van der Waals surface area contributed by atoms with Crippen LogP contribution in [-0.2, 0) is 9.53 Å². The Labute approximate surface area is 120 Å². The van der Waals surface area contributed by atoms with Crippen LogP contribution in [0.5, 0.6) is 0 Å². The Bertz CT molecular complexity index is 330. The summed E-state index contributed by atoms with van der Waals surface area (Å²) in [5, 5.41) is 25.9. The van der Waals surface area contributed by atoms with Crippen LogP contribution in [0.3, 0.4) is 0 Å². The molecule has 0 spiro atoms. The molecule has 0 aromatic heterocycles. The first-order chi connectivity index (χ1) is 9.18. The van der Waals surface area contributed by atoms with Crippen LogP contribution in [0.4, 0.5) is 0 Å². The van der Waals surface area contributed by atoms with Crippen molar-refractivity contribution >= 4 is 5.91 Å². The quantitative estimate of drug-likeness (QED) is 0.559. The summed E-state index contributed by atoms with van der Waals surface area (Å²) in [6.45, 7) is 8.24. The van der Waals surface area contributed by atoms with Gasteiger partial charge in [0, 0.05) is 12.5 Å². The molecule has 1 heterocycles. The number of aliphatic hydroxyl groups excluding tert-OH is 2. The fraction of sp³-hybridized carbons (Fsp3) is 0.929. The maximum atomic E-state index is 11.5. The van der Waals surface area contributed by atoms with Gasteiger partial charge in [0.25, 0.3) is 0 Å². The number of rotatable bonds is 4. The lowest BCUT2D eigenvalue weighted by molar-refractivity contribution is -0.221. The summed E-state index contributed by atoms with van der Waals surface area (Å²) in [5.41, 5.74) is -0.235. The molecule has 5 atom stereocenters. The van der Waals surface area contributed by atoms with E-state index < -0.39 is 18.3 Å². The normalized spacial score (nSPS) is 34.9. The summed E-state index contributed by atoms with van der Waals surface area (Å²) < 4.78 is 5.84. The molecule has 1 rings (SSSR count). The molecule has 118 valence electrons. The molecule has 4 N–H and O–H groups in total. The van der Waals surface area contributed by atoms with Crippen molar-refractivity contribution in [2.45, 2.75) is 52.1 Å². The monoisotopic (exact) mass is 288 g/mol. The van der Waals surface area contributed by atoms with E-state index in [4.69, 9.17) is 4.74 Å². The average molecular weight is 288 g/mol. The van der Waals surface area contributed by atoms with Gasteiger partial charge < -0.3 is 25.6 Å². The maximum Gasteiger partial charge on any atom is 0.234 e. The van der Waals surface area contributed by atoms with Crippen LogP contribution < -0.4 is 10.6 Å². The van der Waals surface area contributed by atoms with E-state index in [0.29, 0.717) is 0 Å². The van der Waals surface area contributed by atoms with Crippen molar-refractivity contribution in [2.24, 2.45) is 11.3 Å². The number of hydrogen-bond donors (Lipinski definition) is 4. The minimum atomic E-state index is -0.793. The average Bonchev–Trinajstić information content (AvgIpc) is 2.34. The van der Waals surface area contributed by atoms with Gasteiger partial charge in [-0.25, -0.2) is 0 Å². The van der Waals surface area contributed by atoms with Gasteiger partial charge in [-0.05, 0) is 12.5 Å². The highest BCUT2D eigenvalue weighted by Crippen LogP contribution is 2.35. The highest BCUT2D eigenvalue weighted by molar-refractivity contribution is 5.77. The molecular formula is C14H28N2O4. The topological polar surface area (TPSA) is 90.8 Å². The molecule has 20 heavy (non-hydrogen) atoms. The van der Waals surface area contributed by atoms with Crippen molar-refractivity contribution in [1.82, 2.24) is 10.6 Å². The molecule has 1 aliphatic rings. The van der Waals surface area contributed by atoms with Crippen molar-refractivity contribution in [1.29, 1.82) is 0 Å². The first kappa shape index (κ1) is 17.4. The van der Waals surface area contributed by atoms with Crippen LogP contribution in [0.1, 0.15) is 27.7 Å². The summed E-state index contributed by atoms with van der Waals surface area (Å²) >= 11 is 0. The molecule has 6 heteroatoms. The minimum absolute atomic E-state index is 0.144. The van der Waals surface area contributed by atoms with Gasteiger partial charge >= 0.3 is 0 Å². The fourth-order valence-corrected chi connectivity index (χ4v) is 2.49. The summed E-state index contributed by atoms with van der Waals surface area (Å²) in [4.78, 5) is 11.5. The van der Waals surface area contributed by atoms with E-state index in [1.54, 1.807) is 14.0 Å². The molecule has 0 saturated carbocycles. The van der Waals surface area contributed by atoms with Gasteiger partial charge in [0.1, 0.15) is 6.10 Å². The zero-order chi connectivity index (χ0) is 15.5. The Morgan fingerprint density at radius 1 is 1.25 bits per heavy atom. The molecule has 6 nitrogen and oxygen atoms in total. The predicted octanol–water partition coefficient (Wildman–Crippen LogP) is -0.507. The summed E-state index contributed by atoms with van der Waals surface area (Å²) in [7, 11) is 1.69. The van der Waals surface area contributed by atoms with Gasteiger partial charge in [0.15, 0.2) is 0 Å². The molecule has 0 bridgehead atoms. The second-order valence-electron chi connectivity index (χ2n) is 6.64. The number of carbonyl (C=O) groups is 1. The highest BCUT2D eigenvalue weighted by atomic mass is 16.5. The summed E-state index contributed by atoms with van der Waals surface area (Å²) in [5.74, 6) is -0.437. The van der Waals surface area contributed by atoms with E-state index in [9.17, 15) is 15.0 Å². The Morgan fingerprint density at radius 3 is 2.35 bits per heavy atom. The van der Waals surface area contributed by atoms with E-state index >= 15 is 0 Å². The molecule has 1 saturated heterocycles. The maximum absolute atomic E-state index is 11.5. The zero-order valence-corrected chi connectivity index (χ0v) is 13.0. The van der Waals surface area contributed by atoms with Crippen molar-refractivity contribution in [3.8, 4) is 0 Å². The number of nitrogens with one attached hydrogen (secondary N) is 2. The number of ether oxygens (including phenoxy) is 1. The molecule has 0 aromatic rings. The lowest BCUT2D eigenvalue weighted by Gasteiger charge is -2.46. The smallest absolute Gasteiger partial charge is 0.234 e. The van der Waals surface area contributed by atoms with E-state index in [1.807, 2.05) is 20.8 Å². The van der Waals surface area contributed by atoms with Gasteiger partial charge in [0.05, 0.1) is 24.9 Å². The number of aliphatic hydroxyl groups is 2. The number of amides is 1. The van der Waals surface area contributed by atoms with E-state index in [1.165, 1.54) is 0 Å². The Balaban J connectivity index is 2.68. The minimum Gasteiger partial charge on any atom is -0.390 e. The molecule has 5 unspecified atom stereocenters. The molecular weight excluding hydrogens is 260 g/mol. The molecule has 0 aromatic carbocycles. The second kappa shape index (κ2) is 6.85. The Hall–Kier alpha value is -0.690.